The normalized spacial score (nSPS) is 20.7. The molecule has 0 aromatic carbocycles. The number of likely N-dealkylation sites (tertiary alicyclic amines) is 1. The zero-order chi connectivity index (χ0) is 12.2. The average molecular weight is 308 g/mol. The van der Waals surface area contributed by atoms with E-state index in [1.807, 2.05) is 25.7 Å². The second kappa shape index (κ2) is 7.24. The molecule has 1 atom stereocenters. The Morgan fingerprint density at radius 2 is 2.06 bits per heavy atom. The summed E-state index contributed by atoms with van der Waals surface area (Å²) in [6.07, 6.45) is 4.65. The van der Waals surface area contributed by atoms with Gasteiger partial charge in [-0.05, 0) is 46.0 Å². The SMILES string of the molecule is Br.CCCC1CCCN(C(=O)OC(C)(C)C)C1. The summed E-state index contributed by atoms with van der Waals surface area (Å²) in [5.41, 5.74) is -0.380. The van der Waals surface area contributed by atoms with Gasteiger partial charge in [-0.25, -0.2) is 4.79 Å². The zero-order valence-electron chi connectivity index (χ0n) is 11.5. The van der Waals surface area contributed by atoms with Crippen molar-refractivity contribution in [1.82, 2.24) is 4.90 Å². The molecule has 1 amide bonds. The minimum absolute atomic E-state index is 0. The molecule has 1 fully saturated rings. The summed E-state index contributed by atoms with van der Waals surface area (Å²) in [4.78, 5) is 13.7. The molecule has 0 bridgehead atoms. The lowest BCUT2D eigenvalue weighted by Gasteiger charge is -2.34. The number of ether oxygens (including phenoxy) is 1. The van der Waals surface area contributed by atoms with E-state index < -0.39 is 0 Å². The van der Waals surface area contributed by atoms with Gasteiger partial charge in [-0.15, -0.1) is 17.0 Å². The third-order valence-corrected chi connectivity index (χ3v) is 2.87. The molecule has 4 heteroatoms. The van der Waals surface area contributed by atoms with Crippen LogP contribution < -0.4 is 0 Å². The highest BCUT2D eigenvalue weighted by Crippen LogP contribution is 2.22. The van der Waals surface area contributed by atoms with Gasteiger partial charge in [0, 0.05) is 13.1 Å². The number of hydrogen-bond donors (Lipinski definition) is 0. The molecule has 3 nitrogen and oxygen atoms in total. The highest BCUT2D eigenvalue weighted by atomic mass is 79.9. The number of carbonyl (C=O) groups is 1. The first kappa shape index (κ1) is 16.8. The molecule has 1 aliphatic heterocycles. The van der Waals surface area contributed by atoms with Gasteiger partial charge in [0.2, 0.25) is 0 Å². The van der Waals surface area contributed by atoms with Gasteiger partial charge in [-0.3, -0.25) is 0 Å². The fourth-order valence-corrected chi connectivity index (χ4v) is 2.20. The van der Waals surface area contributed by atoms with E-state index in [1.54, 1.807) is 0 Å². The topological polar surface area (TPSA) is 29.5 Å². The fourth-order valence-electron chi connectivity index (χ4n) is 2.20. The first-order valence-corrected chi connectivity index (χ1v) is 6.40. The Labute approximate surface area is 116 Å². The molecule has 0 spiro atoms. The van der Waals surface area contributed by atoms with Crippen molar-refractivity contribution in [2.75, 3.05) is 13.1 Å². The highest BCUT2D eigenvalue weighted by Gasteiger charge is 2.26. The first-order chi connectivity index (χ1) is 7.42. The number of carbonyl (C=O) groups excluding carboxylic acids is 1. The molecule has 1 saturated heterocycles. The molecule has 0 aromatic heterocycles. The van der Waals surface area contributed by atoms with Crippen molar-refractivity contribution < 1.29 is 9.53 Å². The van der Waals surface area contributed by atoms with Crippen molar-refractivity contribution in [2.24, 2.45) is 5.92 Å². The Hall–Kier alpha value is -0.250. The van der Waals surface area contributed by atoms with E-state index >= 15 is 0 Å². The predicted molar refractivity (Wildman–Crippen MR) is 75.8 cm³/mol. The number of halogens is 1. The number of rotatable bonds is 2. The van der Waals surface area contributed by atoms with Crippen molar-refractivity contribution in [3.8, 4) is 0 Å². The Balaban J connectivity index is 0.00000256. The lowest BCUT2D eigenvalue weighted by Crippen LogP contribution is -2.42. The second-order valence-corrected chi connectivity index (χ2v) is 5.72. The Kier molecular flexibility index (Phi) is 7.14. The lowest BCUT2D eigenvalue weighted by atomic mass is 9.94. The molecule has 0 radical (unpaired) electrons. The molecule has 17 heavy (non-hydrogen) atoms. The monoisotopic (exact) mass is 307 g/mol. The van der Waals surface area contributed by atoms with Gasteiger partial charge in [-0.1, -0.05) is 13.3 Å². The highest BCUT2D eigenvalue weighted by molar-refractivity contribution is 8.93. The number of nitrogens with zero attached hydrogens (tertiary/aromatic N) is 1. The maximum absolute atomic E-state index is 11.9. The summed E-state index contributed by atoms with van der Waals surface area (Å²) in [6.45, 7) is 9.68. The summed E-state index contributed by atoms with van der Waals surface area (Å²) in [6, 6.07) is 0. The van der Waals surface area contributed by atoms with Crippen molar-refractivity contribution in [2.45, 2.75) is 59.0 Å². The van der Waals surface area contributed by atoms with Gasteiger partial charge in [0.15, 0.2) is 0 Å². The van der Waals surface area contributed by atoms with Crippen LogP contribution in [-0.4, -0.2) is 29.7 Å². The maximum Gasteiger partial charge on any atom is 0.410 e. The Morgan fingerprint density at radius 1 is 1.41 bits per heavy atom. The second-order valence-electron chi connectivity index (χ2n) is 5.72. The number of piperidine rings is 1. The van der Waals surface area contributed by atoms with Gasteiger partial charge in [0.1, 0.15) is 5.60 Å². The van der Waals surface area contributed by atoms with Crippen LogP contribution in [0.2, 0.25) is 0 Å². The van der Waals surface area contributed by atoms with Gasteiger partial charge >= 0.3 is 6.09 Å². The van der Waals surface area contributed by atoms with E-state index in [4.69, 9.17) is 4.74 Å². The van der Waals surface area contributed by atoms with Gasteiger partial charge < -0.3 is 9.64 Å². The molecule has 1 aliphatic rings. The van der Waals surface area contributed by atoms with E-state index in [0.29, 0.717) is 5.92 Å². The van der Waals surface area contributed by atoms with Crippen LogP contribution in [0, 0.1) is 5.92 Å². The molecule has 0 saturated carbocycles. The molecule has 1 unspecified atom stereocenters. The van der Waals surface area contributed by atoms with E-state index in [1.165, 1.54) is 19.3 Å². The first-order valence-electron chi connectivity index (χ1n) is 6.40. The number of amides is 1. The van der Waals surface area contributed by atoms with Crippen molar-refractivity contribution in [1.29, 1.82) is 0 Å². The molecule has 1 heterocycles. The molecule has 102 valence electrons. The zero-order valence-corrected chi connectivity index (χ0v) is 13.2. The molecule has 0 aromatic rings. The fraction of sp³-hybridized carbons (Fsp3) is 0.923. The van der Waals surface area contributed by atoms with Crippen molar-refractivity contribution in [3.63, 3.8) is 0 Å². The molecule has 0 N–H and O–H groups in total. The summed E-state index contributed by atoms with van der Waals surface area (Å²) >= 11 is 0. The Morgan fingerprint density at radius 3 is 2.59 bits per heavy atom. The summed E-state index contributed by atoms with van der Waals surface area (Å²) in [7, 11) is 0. The summed E-state index contributed by atoms with van der Waals surface area (Å²) in [5, 5.41) is 0. The predicted octanol–water partition coefficient (Wildman–Crippen LogP) is 4.01. The summed E-state index contributed by atoms with van der Waals surface area (Å²) in [5.74, 6) is 0.672. The lowest BCUT2D eigenvalue weighted by molar-refractivity contribution is 0.0161. The van der Waals surface area contributed by atoms with E-state index in [-0.39, 0.29) is 28.7 Å². The third kappa shape index (κ3) is 6.29. The van der Waals surface area contributed by atoms with Crippen LogP contribution in [0.15, 0.2) is 0 Å². The van der Waals surface area contributed by atoms with Crippen LogP contribution >= 0.6 is 17.0 Å². The van der Waals surface area contributed by atoms with Crippen LogP contribution in [0.25, 0.3) is 0 Å². The van der Waals surface area contributed by atoms with Crippen LogP contribution in [0.3, 0.4) is 0 Å². The van der Waals surface area contributed by atoms with Crippen molar-refractivity contribution in [3.05, 3.63) is 0 Å². The Bertz CT molecular complexity index is 236. The molecule has 1 rings (SSSR count). The van der Waals surface area contributed by atoms with E-state index in [0.717, 1.165) is 19.5 Å². The smallest absolute Gasteiger partial charge is 0.410 e. The minimum atomic E-state index is -0.380. The molecular formula is C13H26BrNO2. The summed E-state index contributed by atoms with van der Waals surface area (Å²) < 4.78 is 5.39. The molecular weight excluding hydrogens is 282 g/mol. The van der Waals surface area contributed by atoms with Crippen LogP contribution in [0.5, 0.6) is 0 Å². The number of hydrogen-bond acceptors (Lipinski definition) is 2. The van der Waals surface area contributed by atoms with E-state index in [9.17, 15) is 4.79 Å². The largest absolute Gasteiger partial charge is 0.444 e. The third-order valence-electron chi connectivity index (χ3n) is 2.87. The van der Waals surface area contributed by atoms with Gasteiger partial charge in [0.05, 0.1) is 0 Å². The quantitative estimate of drug-likeness (QED) is 0.771. The van der Waals surface area contributed by atoms with Crippen LogP contribution in [0.1, 0.15) is 53.4 Å². The van der Waals surface area contributed by atoms with Gasteiger partial charge in [0.25, 0.3) is 0 Å². The standard InChI is InChI=1S/C13H25NO2.BrH/c1-5-7-11-8-6-9-14(10-11)12(15)16-13(2,3)4;/h11H,5-10H2,1-4H3;1H. The average Bonchev–Trinajstić information content (AvgIpc) is 2.16. The van der Waals surface area contributed by atoms with Crippen LogP contribution in [-0.2, 0) is 4.74 Å². The van der Waals surface area contributed by atoms with E-state index in [2.05, 4.69) is 6.92 Å². The minimum Gasteiger partial charge on any atom is -0.444 e. The van der Waals surface area contributed by atoms with Crippen LogP contribution in [0.4, 0.5) is 4.79 Å². The molecule has 0 aliphatic carbocycles. The van der Waals surface area contributed by atoms with Crippen molar-refractivity contribution >= 4 is 23.1 Å². The van der Waals surface area contributed by atoms with Gasteiger partial charge in [-0.2, -0.15) is 0 Å². The maximum atomic E-state index is 11.9.